The Kier molecular flexibility index (Phi) is 5.62. The van der Waals surface area contributed by atoms with Gasteiger partial charge >= 0.3 is 0 Å². The lowest BCUT2D eigenvalue weighted by Crippen LogP contribution is -2.54. The van der Waals surface area contributed by atoms with Crippen molar-refractivity contribution in [3.63, 3.8) is 0 Å². The molecule has 2 aromatic carbocycles. The number of nitrogens with one attached hydrogen (secondary N) is 2. The molecule has 5 rings (SSSR count). The normalized spacial score (nSPS) is 18.6. The molecule has 2 aromatic heterocycles. The lowest BCUT2D eigenvalue weighted by Gasteiger charge is -2.38. The number of carbonyl (C=O) groups excluding carboxylic acids is 1. The number of nitrogens with zero attached hydrogens (tertiary/aromatic N) is 5. The van der Waals surface area contributed by atoms with Gasteiger partial charge in [-0.1, -0.05) is 0 Å². The number of piperazine rings is 1. The van der Waals surface area contributed by atoms with Crippen molar-refractivity contribution in [2.24, 2.45) is 7.05 Å². The molecular formula is C24H26FN7O2. The van der Waals surface area contributed by atoms with Crippen LogP contribution in [0.1, 0.15) is 30.0 Å². The maximum absolute atomic E-state index is 14.5. The van der Waals surface area contributed by atoms with Crippen LogP contribution >= 0.6 is 0 Å². The number of benzene rings is 2. The molecular weight excluding hydrogens is 437 g/mol. The zero-order valence-electron chi connectivity index (χ0n) is 19.2. The highest BCUT2D eigenvalue weighted by molar-refractivity contribution is 6.14. The van der Waals surface area contributed by atoms with Crippen LogP contribution in [0.5, 0.6) is 0 Å². The quantitative estimate of drug-likeness (QED) is 0.427. The van der Waals surface area contributed by atoms with Gasteiger partial charge in [-0.15, -0.1) is 0 Å². The lowest BCUT2D eigenvalue weighted by atomic mass is 10.0. The minimum atomic E-state index is -0.513. The predicted octanol–water partition coefficient (Wildman–Crippen LogP) is 2.59. The Bertz CT molecular complexity index is 1390. The van der Waals surface area contributed by atoms with Crippen molar-refractivity contribution in [3.8, 4) is 0 Å². The van der Waals surface area contributed by atoms with Gasteiger partial charge < -0.3 is 20.6 Å². The summed E-state index contributed by atoms with van der Waals surface area (Å²) in [6.45, 7) is 5.52. The Morgan fingerprint density at radius 1 is 1.24 bits per heavy atom. The van der Waals surface area contributed by atoms with Crippen molar-refractivity contribution in [2.75, 3.05) is 23.3 Å². The Morgan fingerprint density at radius 2 is 2.00 bits per heavy atom. The number of hydrogen-bond donors (Lipinski definition) is 3. The molecule has 1 amide bonds. The van der Waals surface area contributed by atoms with Crippen molar-refractivity contribution in [2.45, 2.75) is 32.5 Å². The summed E-state index contributed by atoms with van der Waals surface area (Å²) < 4.78 is 16.0. The van der Waals surface area contributed by atoms with Crippen LogP contribution < -0.4 is 15.5 Å². The van der Waals surface area contributed by atoms with Crippen LogP contribution in [0.2, 0.25) is 0 Å². The number of rotatable bonds is 4. The molecule has 2 atom stereocenters. The zero-order chi connectivity index (χ0) is 24.0. The number of carbonyl (C=O) groups is 1. The average Bonchev–Trinajstić information content (AvgIpc) is 3.18. The van der Waals surface area contributed by atoms with Gasteiger partial charge in [0.1, 0.15) is 12.1 Å². The van der Waals surface area contributed by atoms with E-state index in [0.717, 1.165) is 24.2 Å². The maximum atomic E-state index is 14.5. The van der Waals surface area contributed by atoms with Gasteiger partial charge in [0.2, 0.25) is 0 Å². The van der Waals surface area contributed by atoms with Crippen LogP contribution in [-0.4, -0.2) is 55.9 Å². The smallest absolute Gasteiger partial charge is 0.257 e. The third-order valence-electron chi connectivity index (χ3n) is 6.00. The number of fused-ring (bicyclic) bond motifs is 2. The van der Waals surface area contributed by atoms with E-state index in [0.29, 0.717) is 34.2 Å². The van der Waals surface area contributed by atoms with E-state index in [2.05, 4.69) is 44.4 Å². The number of amides is 1. The number of anilines is 2. The molecule has 10 heteroatoms. The van der Waals surface area contributed by atoms with Crippen LogP contribution in [-0.2, 0) is 13.7 Å². The molecule has 1 aliphatic heterocycles. The first-order valence-corrected chi connectivity index (χ1v) is 11.2. The Balaban J connectivity index is 1.54. The van der Waals surface area contributed by atoms with Crippen molar-refractivity contribution < 1.29 is 14.3 Å². The maximum Gasteiger partial charge on any atom is 0.257 e. The average molecular weight is 464 g/mol. The number of hydrogen-bond acceptors (Lipinski definition) is 7. The molecule has 1 aliphatic rings. The summed E-state index contributed by atoms with van der Waals surface area (Å²) in [6.07, 6.45) is 3.34. The van der Waals surface area contributed by atoms with E-state index in [4.69, 9.17) is 0 Å². The van der Waals surface area contributed by atoms with E-state index in [-0.39, 0.29) is 17.9 Å². The van der Waals surface area contributed by atoms with Crippen LogP contribution in [0.25, 0.3) is 21.8 Å². The monoisotopic (exact) mass is 463 g/mol. The fourth-order valence-corrected chi connectivity index (χ4v) is 4.68. The highest BCUT2D eigenvalue weighted by Crippen LogP contribution is 2.30. The van der Waals surface area contributed by atoms with Crippen LogP contribution in [0.4, 0.5) is 15.8 Å². The van der Waals surface area contributed by atoms with E-state index in [9.17, 15) is 14.3 Å². The summed E-state index contributed by atoms with van der Waals surface area (Å²) in [6, 6.07) is 7.15. The SMILES string of the molecule is C[C@H]1CN(c2ccc(C(=O)Nc3cc(F)c4nn(C)cc4c3)c3nc(CO)ncc23)C[C@H](C)N1. The fraction of sp³-hybridized carbons (Fsp3) is 0.333. The molecule has 0 saturated carbocycles. The van der Waals surface area contributed by atoms with Gasteiger partial charge in [-0.2, -0.15) is 5.10 Å². The second-order valence-electron chi connectivity index (χ2n) is 8.87. The van der Waals surface area contributed by atoms with Gasteiger partial charge in [0, 0.05) is 66.8 Å². The molecule has 4 aromatic rings. The number of aliphatic hydroxyl groups excluding tert-OH is 1. The van der Waals surface area contributed by atoms with Crippen molar-refractivity contribution in [3.05, 3.63) is 53.9 Å². The molecule has 0 radical (unpaired) electrons. The second kappa shape index (κ2) is 8.62. The number of halogens is 1. The minimum Gasteiger partial charge on any atom is -0.388 e. The fourth-order valence-electron chi connectivity index (χ4n) is 4.68. The van der Waals surface area contributed by atoms with Gasteiger partial charge in [0.15, 0.2) is 11.6 Å². The Morgan fingerprint density at radius 3 is 2.74 bits per heavy atom. The standard InChI is InChI=1S/C24H26FN7O2/c1-13-9-32(10-14(2)27-13)20-5-4-17(23-18(20)8-26-21(12-33)29-23)24(34)28-16-6-15-11-31(3)30-22(15)19(25)7-16/h4-8,11,13-14,27,33H,9-10,12H2,1-3H3,(H,28,34)/t13-,14-/m0/s1. The van der Waals surface area contributed by atoms with E-state index in [1.807, 2.05) is 6.07 Å². The summed E-state index contributed by atoms with van der Waals surface area (Å²) in [5, 5.41) is 21.3. The molecule has 9 nitrogen and oxygen atoms in total. The molecule has 0 unspecified atom stereocenters. The van der Waals surface area contributed by atoms with Gasteiger partial charge in [-0.25, -0.2) is 14.4 Å². The second-order valence-corrected chi connectivity index (χ2v) is 8.87. The highest BCUT2D eigenvalue weighted by Gasteiger charge is 2.24. The van der Waals surface area contributed by atoms with Crippen molar-refractivity contribution in [1.29, 1.82) is 0 Å². The van der Waals surface area contributed by atoms with Gasteiger partial charge in [-0.3, -0.25) is 9.48 Å². The third-order valence-corrected chi connectivity index (χ3v) is 6.00. The molecule has 3 N–H and O–H groups in total. The summed E-state index contributed by atoms with van der Waals surface area (Å²) in [5.74, 6) is -0.715. The van der Waals surface area contributed by atoms with Crippen LogP contribution in [0.15, 0.2) is 36.7 Å². The number of aliphatic hydroxyl groups is 1. The van der Waals surface area contributed by atoms with Gasteiger partial charge in [0.25, 0.3) is 5.91 Å². The van der Waals surface area contributed by atoms with Gasteiger partial charge in [-0.05, 0) is 38.1 Å². The molecule has 0 spiro atoms. The predicted molar refractivity (Wildman–Crippen MR) is 128 cm³/mol. The third kappa shape index (κ3) is 4.06. The van der Waals surface area contributed by atoms with E-state index in [1.165, 1.54) is 10.7 Å². The summed E-state index contributed by atoms with van der Waals surface area (Å²) >= 11 is 0. The minimum absolute atomic E-state index is 0.226. The van der Waals surface area contributed by atoms with Gasteiger partial charge in [0.05, 0.1) is 11.1 Å². The highest BCUT2D eigenvalue weighted by atomic mass is 19.1. The summed E-state index contributed by atoms with van der Waals surface area (Å²) in [4.78, 5) is 24.3. The van der Waals surface area contributed by atoms with Crippen LogP contribution in [0, 0.1) is 5.82 Å². The first-order valence-electron chi connectivity index (χ1n) is 11.2. The van der Waals surface area contributed by atoms with E-state index >= 15 is 0 Å². The molecule has 34 heavy (non-hydrogen) atoms. The number of aryl methyl sites for hydroxylation is 1. The molecule has 1 saturated heterocycles. The number of aromatic nitrogens is 4. The molecule has 3 heterocycles. The molecule has 1 fully saturated rings. The first kappa shape index (κ1) is 22.2. The molecule has 176 valence electrons. The lowest BCUT2D eigenvalue weighted by molar-refractivity contribution is 0.102. The molecule has 0 aliphatic carbocycles. The van der Waals surface area contributed by atoms with E-state index in [1.54, 1.807) is 31.6 Å². The largest absolute Gasteiger partial charge is 0.388 e. The summed E-state index contributed by atoms with van der Waals surface area (Å²) in [5.41, 5.74) is 2.25. The Labute approximate surface area is 195 Å². The first-order chi connectivity index (χ1) is 16.3. The summed E-state index contributed by atoms with van der Waals surface area (Å²) in [7, 11) is 1.71. The topological polar surface area (TPSA) is 108 Å². The Hall–Kier alpha value is -3.63. The zero-order valence-corrected chi connectivity index (χ0v) is 19.2. The van der Waals surface area contributed by atoms with Crippen molar-refractivity contribution >= 4 is 39.1 Å². The van der Waals surface area contributed by atoms with Crippen molar-refractivity contribution in [1.82, 2.24) is 25.1 Å². The molecule has 0 bridgehead atoms. The van der Waals surface area contributed by atoms with Crippen LogP contribution in [0.3, 0.4) is 0 Å². The van der Waals surface area contributed by atoms with E-state index < -0.39 is 11.7 Å².